The summed E-state index contributed by atoms with van der Waals surface area (Å²) in [7, 11) is 0. The lowest BCUT2D eigenvalue weighted by Gasteiger charge is -2.32. The third kappa shape index (κ3) is 1.96. The number of fused-ring (bicyclic) bond motifs is 1. The van der Waals surface area contributed by atoms with Crippen LogP contribution in [0.5, 0.6) is 0 Å². The van der Waals surface area contributed by atoms with Gasteiger partial charge >= 0.3 is 0 Å². The molecule has 0 bridgehead atoms. The molecule has 6 nitrogen and oxygen atoms in total. The summed E-state index contributed by atoms with van der Waals surface area (Å²) in [5.74, 6) is 0.903. The van der Waals surface area contributed by atoms with Gasteiger partial charge in [0.25, 0.3) is 0 Å². The van der Waals surface area contributed by atoms with Crippen molar-refractivity contribution in [2.75, 3.05) is 31.2 Å². The van der Waals surface area contributed by atoms with Gasteiger partial charge in [-0.2, -0.15) is 5.10 Å². The van der Waals surface area contributed by atoms with Gasteiger partial charge in [-0.15, -0.1) is 0 Å². The van der Waals surface area contributed by atoms with Gasteiger partial charge in [-0.05, 0) is 6.07 Å². The quantitative estimate of drug-likeness (QED) is 0.788. The molecule has 1 aliphatic heterocycles. The Morgan fingerprint density at radius 3 is 3.29 bits per heavy atom. The highest BCUT2D eigenvalue weighted by molar-refractivity contribution is 5.47. The van der Waals surface area contributed by atoms with Crippen LogP contribution in [0.15, 0.2) is 24.5 Å². The number of rotatable bonds is 2. The van der Waals surface area contributed by atoms with E-state index in [1.54, 1.807) is 10.7 Å². The topological polar surface area (TPSA) is 62.9 Å². The van der Waals surface area contributed by atoms with Gasteiger partial charge in [0.2, 0.25) is 0 Å². The van der Waals surface area contributed by atoms with Crippen LogP contribution >= 0.6 is 0 Å². The average Bonchev–Trinajstić information content (AvgIpc) is 2.86. The molecule has 6 heteroatoms. The maximum atomic E-state index is 9.11. The van der Waals surface area contributed by atoms with Crippen molar-refractivity contribution in [3.63, 3.8) is 0 Å². The molecule has 3 heterocycles. The van der Waals surface area contributed by atoms with Gasteiger partial charge in [-0.25, -0.2) is 9.50 Å². The van der Waals surface area contributed by atoms with Gasteiger partial charge in [-0.3, -0.25) is 0 Å². The molecule has 1 atom stereocenters. The predicted molar refractivity (Wildman–Crippen MR) is 62.0 cm³/mol. The van der Waals surface area contributed by atoms with Crippen LogP contribution in [0, 0.1) is 0 Å². The van der Waals surface area contributed by atoms with Crippen molar-refractivity contribution in [1.82, 2.24) is 14.6 Å². The molecule has 1 fully saturated rings. The van der Waals surface area contributed by atoms with Crippen LogP contribution in [-0.2, 0) is 4.74 Å². The monoisotopic (exact) mass is 234 g/mol. The zero-order valence-electron chi connectivity index (χ0n) is 9.36. The van der Waals surface area contributed by atoms with Gasteiger partial charge in [0.05, 0.1) is 25.5 Å². The third-order valence-electron chi connectivity index (χ3n) is 2.91. The summed E-state index contributed by atoms with van der Waals surface area (Å²) < 4.78 is 7.14. The van der Waals surface area contributed by atoms with Crippen LogP contribution in [0.4, 0.5) is 5.82 Å². The number of aliphatic hydroxyl groups excluding tert-OH is 1. The Hall–Kier alpha value is -1.66. The third-order valence-corrected chi connectivity index (χ3v) is 2.91. The second-order valence-electron chi connectivity index (χ2n) is 4.04. The van der Waals surface area contributed by atoms with E-state index >= 15 is 0 Å². The predicted octanol–water partition coefficient (Wildman–Crippen LogP) is -0.0732. The summed E-state index contributed by atoms with van der Waals surface area (Å²) in [6.45, 7) is 2.14. The van der Waals surface area contributed by atoms with Gasteiger partial charge in [0, 0.05) is 25.4 Å². The molecular weight excluding hydrogens is 220 g/mol. The highest BCUT2D eigenvalue weighted by Gasteiger charge is 2.20. The van der Waals surface area contributed by atoms with E-state index in [-0.39, 0.29) is 12.7 Å². The number of nitrogens with zero attached hydrogens (tertiary/aromatic N) is 4. The van der Waals surface area contributed by atoms with Crippen molar-refractivity contribution >= 4 is 11.5 Å². The molecule has 1 unspecified atom stereocenters. The first-order valence-electron chi connectivity index (χ1n) is 5.64. The minimum atomic E-state index is -0.119. The molecule has 0 amide bonds. The SMILES string of the molecule is OCC1CN(c2ccn3nccc3n2)CCO1. The van der Waals surface area contributed by atoms with Crippen LogP contribution in [0.3, 0.4) is 0 Å². The van der Waals surface area contributed by atoms with Crippen molar-refractivity contribution in [2.45, 2.75) is 6.10 Å². The highest BCUT2D eigenvalue weighted by Crippen LogP contribution is 2.15. The number of hydrogen-bond acceptors (Lipinski definition) is 5. The summed E-state index contributed by atoms with van der Waals surface area (Å²) in [5.41, 5.74) is 0.828. The van der Waals surface area contributed by atoms with Gasteiger partial charge < -0.3 is 14.7 Å². The maximum Gasteiger partial charge on any atom is 0.157 e. The molecule has 1 N–H and O–H groups in total. The molecule has 0 saturated carbocycles. The molecule has 2 aromatic heterocycles. The van der Waals surface area contributed by atoms with E-state index in [9.17, 15) is 0 Å². The van der Waals surface area contributed by atoms with E-state index in [2.05, 4.69) is 15.0 Å². The average molecular weight is 234 g/mol. The molecule has 3 rings (SSSR count). The molecule has 0 spiro atoms. The molecule has 90 valence electrons. The Bertz CT molecular complexity index is 513. The largest absolute Gasteiger partial charge is 0.394 e. The zero-order valence-corrected chi connectivity index (χ0v) is 9.36. The summed E-state index contributed by atoms with van der Waals surface area (Å²) in [6.07, 6.45) is 3.50. The lowest BCUT2D eigenvalue weighted by molar-refractivity contribution is 0.00337. The van der Waals surface area contributed by atoms with Crippen molar-refractivity contribution < 1.29 is 9.84 Å². The molecular formula is C11H14N4O2. The zero-order chi connectivity index (χ0) is 11.7. The van der Waals surface area contributed by atoms with Crippen molar-refractivity contribution in [3.05, 3.63) is 24.5 Å². The van der Waals surface area contributed by atoms with Gasteiger partial charge in [-0.1, -0.05) is 0 Å². The van der Waals surface area contributed by atoms with Crippen molar-refractivity contribution in [1.29, 1.82) is 0 Å². The van der Waals surface area contributed by atoms with Crippen LogP contribution < -0.4 is 4.90 Å². The lowest BCUT2D eigenvalue weighted by Crippen LogP contribution is -2.44. The fourth-order valence-electron chi connectivity index (χ4n) is 2.02. The first kappa shape index (κ1) is 10.5. The molecule has 0 aliphatic carbocycles. The summed E-state index contributed by atoms with van der Waals surface area (Å²) in [6, 6.07) is 3.80. The van der Waals surface area contributed by atoms with E-state index in [1.807, 2.05) is 18.3 Å². The Balaban J connectivity index is 1.86. The lowest BCUT2D eigenvalue weighted by atomic mass is 10.3. The number of aromatic nitrogens is 3. The van der Waals surface area contributed by atoms with Crippen LogP contribution in [0.25, 0.3) is 5.65 Å². The summed E-state index contributed by atoms with van der Waals surface area (Å²) in [5, 5.41) is 13.2. The maximum absolute atomic E-state index is 9.11. The first-order chi connectivity index (χ1) is 8.36. The van der Waals surface area contributed by atoms with E-state index in [1.165, 1.54) is 0 Å². The number of morpholine rings is 1. The Morgan fingerprint density at radius 2 is 2.41 bits per heavy atom. The molecule has 1 saturated heterocycles. The van der Waals surface area contributed by atoms with E-state index in [0.29, 0.717) is 13.2 Å². The number of ether oxygens (including phenoxy) is 1. The standard InChI is InChI=1S/C11H14N4O2/c16-8-9-7-14(5-6-17-9)10-2-4-15-11(13-10)1-3-12-15/h1-4,9,16H,5-8H2. The highest BCUT2D eigenvalue weighted by atomic mass is 16.5. The molecule has 2 aromatic rings. The van der Waals surface area contributed by atoms with E-state index in [0.717, 1.165) is 18.0 Å². The van der Waals surface area contributed by atoms with Crippen LogP contribution in [-0.4, -0.2) is 52.1 Å². The minimum Gasteiger partial charge on any atom is -0.394 e. The normalized spacial score (nSPS) is 21.0. The smallest absolute Gasteiger partial charge is 0.157 e. The van der Waals surface area contributed by atoms with Crippen LogP contribution in [0.2, 0.25) is 0 Å². The van der Waals surface area contributed by atoms with E-state index < -0.39 is 0 Å². The number of aliphatic hydroxyl groups is 1. The Morgan fingerprint density at radius 1 is 1.47 bits per heavy atom. The summed E-state index contributed by atoms with van der Waals surface area (Å²) >= 11 is 0. The Labute approximate surface area is 98.4 Å². The van der Waals surface area contributed by atoms with Crippen molar-refractivity contribution in [2.24, 2.45) is 0 Å². The minimum absolute atomic E-state index is 0.0471. The second-order valence-corrected chi connectivity index (χ2v) is 4.04. The molecule has 0 aromatic carbocycles. The number of anilines is 1. The molecule has 0 radical (unpaired) electrons. The Kier molecular flexibility index (Phi) is 2.66. The fraction of sp³-hybridized carbons (Fsp3) is 0.455. The fourth-order valence-corrected chi connectivity index (χ4v) is 2.02. The summed E-state index contributed by atoms with van der Waals surface area (Å²) in [4.78, 5) is 6.64. The number of hydrogen-bond donors (Lipinski definition) is 1. The second kappa shape index (κ2) is 4.31. The van der Waals surface area contributed by atoms with Gasteiger partial charge in [0.15, 0.2) is 5.65 Å². The van der Waals surface area contributed by atoms with E-state index in [4.69, 9.17) is 9.84 Å². The van der Waals surface area contributed by atoms with Gasteiger partial charge in [0.1, 0.15) is 5.82 Å². The molecule has 1 aliphatic rings. The van der Waals surface area contributed by atoms with Crippen molar-refractivity contribution in [3.8, 4) is 0 Å². The van der Waals surface area contributed by atoms with Crippen LogP contribution in [0.1, 0.15) is 0 Å². The molecule has 17 heavy (non-hydrogen) atoms. The first-order valence-corrected chi connectivity index (χ1v) is 5.64.